The summed E-state index contributed by atoms with van der Waals surface area (Å²) in [5.74, 6) is 0.351. The average Bonchev–Trinajstić information content (AvgIpc) is 2.61. The Labute approximate surface area is 175 Å². The summed E-state index contributed by atoms with van der Waals surface area (Å²) in [4.78, 5) is 12.3. The van der Waals surface area contributed by atoms with E-state index < -0.39 is 5.91 Å². The lowest BCUT2D eigenvalue weighted by Crippen LogP contribution is -2.34. The molecule has 0 saturated heterocycles. The number of carbonyl (C=O) groups is 1. The number of nitrogens with one attached hydrogen (secondary N) is 2. The number of halogens is 2. The van der Waals surface area contributed by atoms with Crippen molar-refractivity contribution in [2.75, 3.05) is 11.9 Å². The summed E-state index contributed by atoms with van der Waals surface area (Å²) in [7, 11) is 0. The largest absolute Gasteiger partial charge is 0.494 e. The molecule has 0 aliphatic carbocycles. The van der Waals surface area contributed by atoms with Gasteiger partial charge >= 0.3 is 0 Å². The second-order valence-electron chi connectivity index (χ2n) is 5.97. The fourth-order valence-electron chi connectivity index (χ4n) is 2.39. The number of ether oxygens (including phenoxy) is 1. The SMILES string of the molecule is CCCCCCOc1cccc(NC(=S)NC(=O)c2ccc(Cl)cc2Cl)c1. The molecule has 7 heteroatoms. The molecule has 0 aliphatic rings. The van der Waals surface area contributed by atoms with Crippen LogP contribution in [-0.2, 0) is 0 Å². The van der Waals surface area contributed by atoms with Crippen LogP contribution < -0.4 is 15.4 Å². The number of thiocarbonyl (C=S) groups is 1. The normalized spacial score (nSPS) is 10.3. The molecule has 0 spiro atoms. The van der Waals surface area contributed by atoms with Crippen LogP contribution in [0.4, 0.5) is 5.69 Å². The first-order valence-corrected chi connectivity index (χ1v) is 9.96. The zero-order chi connectivity index (χ0) is 19.6. The van der Waals surface area contributed by atoms with Crippen LogP contribution in [0, 0.1) is 0 Å². The van der Waals surface area contributed by atoms with Crippen LogP contribution in [0.2, 0.25) is 10.0 Å². The van der Waals surface area contributed by atoms with Crippen LogP contribution in [0.3, 0.4) is 0 Å². The standard InChI is InChI=1S/C20H22Cl2N2O2S/c1-2-3-4-5-11-26-16-8-6-7-15(13-16)23-20(27)24-19(25)17-10-9-14(21)12-18(17)22/h6-10,12-13H,2-5,11H2,1H3,(H2,23,24,25,27). The lowest BCUT2D eigenvalue weighted by atomic mass is 10.2. The van der Waals surface area contributed by atoms with Crippen molar-refractivity contribution in [3.63, 3.8) is 0 Å². The Morgan fingerprint density at radius 1 is 1.11 bits per heavy atom. The molecule has 0 fully saturated rings. The molecule has 1 amide bonds. The number of carbonyl (C=O) groups excluding carboxylic acids is 1. The minimum Gasteiger partial charge on any atom is -0.494 e. The fourth-order valence-corrected chi connectivity index (χ4v) is 3.09. The summed E-state index contributed by atoms with van der Waals surface area (Å²) in [5.41, 5.74) is 1.03. The molecule has 0 heterocycles. The van der Waals surface area contributed by atoms with Gasteiger partial charge in [0.25, 0.3) is 5.91 Å². The van der Waals surface area contributed by atoms with Crippen molar-refractivity contribution in [1.82, 2.24) is 5.32 Å². The lowest BCUT2D eigenvalue weighted by Gasteiger charge is -2.12. The molecule has 27 heavy (non-hydrogen) atoms. The van der Waals surface area contributed by atoms with Gasteiger partial charge in [0, 0.05) is 16.8 Å². The van der Waals surface area contributed by atoms with Gasteiger partial charge in [-0.1, -0.05) is 55.5 Å². The zero-order valence-electron chi connectivity index (χ0n) is 15.1. The molecule has 2 aromatic rings. The molecular weight excluding hydrogens is 403 g/mol. The molecule has 2 N–H and O–H groups in total. The summed E-state index contributed by atoms with van der Waals surface area (Å²) < 4.78 is 5.75. The smallest absolute Gasteiger partial charge is 0.258 e. The molecule has 4 nitrogen and oxygen atoms in total. The van der Waals surface area contributed by atoms with E-state index in [0.29, 0.717) is 17.2 Å². The molecule has 0 bridgehead atoms. The van der Waals surface area contributed by atoms with E-state index in [1.165, 1.54) is 18.9 Å². The first-order valence-electron chi connectivity index (χ1n) is 8.80. The number of hydrogen-bond acceptors (Lipinski definition) is 3. The van der Waals surface area contributed by atoms with E-state index in [4.69, 9.17) is 40.2 Å². The maximum Gasteiger partial charge on any atom is 0.258 e. The third-order valence-electron chi connectivity index (χ3n) is 3.76. The Kier molecular flexibility index (Phi) is 8.85. The van der Waals surface area contributed by atoms with Gasteiger partial charge in [-0.2, -0.15) is 0 Å². The van der Waals surface area contributed by atoms with Crippen molar-refractivity contribution in [3.8, 4) is 5.75 Å². The molecule has 0 aromatic heterocycles. The Hall–Kier alpha value is -1.82. The van der Waals surface area contributed by atoms with E-state index in [-0.39, 0.29) is 10.1 Å². The van der Waals surface area contributed by atoms with Gasteiger partial charge in [0.2, 0.25) is 0 Å². The molecule has 0 saturated carbocycles. The van der Waals surface area contributed by atoms with Gasteiger partial charge in [0.15, 0.2) is 5.11 Å². The van der Waals surface area contributed by atoms with E-state index in [1.807, 2.05) is 24.3 Å². The van der Waals surface area contributed by atoms with Gasteiger partial charge in [-0.05, 0) is 49.0 Å². The van der Waals surface area contributed by atoms with Crippen molar-refractivity contribution in [1.29, 1.82) is 0 Å². The third-order valence-corrected chi connectivity index (χ3v) is 4.51. The van der Waals surface area contributed by atoms with Gasteiger partial charge in [-0.3, -0.25) is 10.1 Å². The third kappa shape index (κ3) is 7.37. The van der Waals surface area contributed by atoms with Crippen molar-refractivity contribution >= 4 is 52.1 Å². The Morgan fingerprint density at radius 3 is 2.67 bits per heavy atom. The summed E-state index contributed by atoms with van der Waals surface area (Å²) in [6.07, 6.45) is 4.61. The first kappa shape index (κ1) is 21.5. The van der Waals surface area contributed by atoms with Crippen LogP contribution in [0.1, 0.15) is 43.0 Å². The van der Waals surface area contributed by atoms with Crippen molar-refractivity contribution in [3.05, 3.63) is 58.1 Å². The number of unbranched alkanes of at least 4 members (excludes halogenated alkanes) is 3. The Balaban J connectivity index is 1.88. The van der Waals surface area contributed by atoms with Crippen LogP contribution >= 0.6 is 35.4 Å². The molecule has 0 aliphatic heterocycles. The number of rotatable bonds is 8. The number of benzene rings is 2. The van der Waals surface area contributed by atoms with Crippen LogP contribution in [0.15, 0.2) is 42.5 Å². The second-order valence-corrected chi connectivity index (χ2v) is 7.22. The maximum absolute atomic E-state index is 12.3. The van der Waals surface area contributed by atoms with Crippen molar-refractivity contribution in [2.24, 2.45) is 0 Å². The van der Waals surface area contributed by atoms with Crippen molar-refractivity contribution < 1.29 is 9.53 Å². The molecule has 2 rings (SSSR count). The van der Waals surface area contributed by atoms with E-state index in [2.05, 4.69) is 17.6 Å². The number of amides is 1. The molecular formula is C20H22Cl2N2O2S. The summed E-state index contributed by atoms with van der Waals surface area (Å²) in [6.45, 7) is 2.86. The van der Waals surface area contributed by atoms with Crippen LogP contribution in [0.25, 0.3) is 0 Å². The summed E-state index contributed by atoms with van der Waals surface area (Å²) >= 11 is 17.1. The fraction of sp³-hybridized carbons (Fsp3) is 0.300. The predicted molar refractivity (Wildman–Crippen MR) is 116 cm³/mol. The highest BCUT2D eigenvalue weighted by Gasteiger charge is 2.12. The van der Waals surface area contributed by atoms with Gasteiger partial charge < -0.3 is 10.1 Å². The van der Waals surface area contributed by atoms with Crippen LogP contribution in [-0.4, -0.2) is 17.6 Å². The maximum atomic E-state index is 12.3. The second kappa shape index (κ2) is 11.1. The molecule has 0 unspecified atom stereocenters. The van der Waals surface area contributed by atoms with Gasteiger partial charge in [0.05, 0.1) is 17.2 Å². The lowest BCUT2D eigenvalue weighted by molar-refractivity contribution is 0.0978. The molecule has 0 radical (unpaired) electrons. The van der Waals surface area contributed by atoms with Crippen molar-refractivity contribution in [2.45, 2.75) is 32.6 Å². The minimum atomic E-state index is -0.405. The topological polar surface area (TPSA) is 50.4 Å². The van der Waals surface area contributed by atoms with E-state index in [0.717, 1.165) is 24.3 Å². The summed E-state index contributed by atoms with van der Waals surface area (Å²) in [5, 5.41) is 6.48. The first-order chi connectivity index (χ1) is 13.0. The molecule has 2 aromatic carbocycles. The predicted octanol–water partition coefficient (Wildman–Crippen LogP) is 6.08. The monoisotopic (exact) mass is 424 g/mol. The van der Waals surface area contributed by atoms with Gasteiger partial charge in [0.1, 0.15) is 5.75 Å². The Bertz CT molecular complexity index is 799. The highest BCUT2D eigenvalue weighted by atomic mass is 35.5. The average molecular weight is 425 g/mol. The number of hydrogen-bond donors (Lipinski definition) is 2. The summed E-state index contributed by atoms with van der Waals surface area (Å²) in [6, 6.07) is 12.1. The van der Waals surface area contributed by atoms with Gasteiger partial charge in [-0.15, -0.1) is 0 Å². The zero-order valence-corrected chi connectivity index (χ0v) is 17.4. The highest BCUT2D eigenvalue weighted by molar-refractivity contribution is 7.80. The Morgan fingerprint density at radius 2 is 1.93 bits per heavy atom. The van der Waals surface area contributed by atoms with E-state index in [9.17, 15) is 4.79 Å². The van der Waals surface area contributed by atoms with Crippen LogP contribution in [0.5, 0.6) is 5.75 Å². The number of anilines is 1. The van der Waals surface area contributed by atoms with E-state index >= 15 is 0 Å². The quantitative estimate of drug-likeness (QED) is 0.398. The van der Waals surface area contributed by atoms with E-state index in [1.54, 1.807) is 12.1 Å². The minimum absolute atomic E-state index is 0.172. The highest BCUT2D eigenvalue weighted by Crippen LogP contribution is 2.21. The van der Waals surface area contributed by atoms with Gasteiger partial charge in [-0.25, -0.2) is 0 Å². The molecule has 144 valence electrons. The molecule has 0 atom stereocenters.